The van der Waals surface area contributed by atoms with Crippen LogP contribution in [0.25, 0.3) is 0 Å². The van der Waals surface area contributed by atoms with E-state index in [0.717, 1.165) is 52.5 Å². The van der Waals surface area contributed by atoms with Crippen LogP contribution < -0.4 is 14.2 Å². The van der Waals surface area contributed by atoms with E-state index < -0.39 is 0 Å². The molecule has 0 heterocycles. The number of methoxy groups -OCH3 is 1. The molecule has 0 saturated heterocycles. The number of ether oxygens (including phenoxy) is 4. The van der Waals surface area contributed by atoms with Crippen molar-refractivity contribution in [3.05, 3.63) is 65.2 Å². The molecule has 0 spiro atoms. The van der Waals surface area contributed by atoms with E-state index >= 15 is 0 Å². The number of hydrogen-bond donors (Lipinski definition) is 0. The molecule has 32 heavy (non-hydrogen) atoms. The highest BCUT2D eigenvalue weighted by Crippen LogP contribution is 2.28. The average Bonchev–Trinajstić information content (AvgIpc) is 2.79. The van der Waals surface area contributed by atoms with Gasteiger partial charge in [-0.3, -0.25) is 0 Å². The second-order valence-electron chi connectivity index (χ2n) is 7.33. The lowest BCUT2D eigenvalue weighted by atomic mass is 10.1. The standard InChI is InChI=1S/C26H35NO5/c1-6-7-14-31-24-16-20(2)26(21(3)17-24)32-15-9-8-13-30-19-25(27-29-5)22-11-10-12-23(18-22)28-4/h6-7,10-12,16-18H,8-9,13-15,19H2,1-5H3/b7-6+,27-25-. The number of rotatable bonds is 14. The summed E-state index contributed by atoms with van der Waals surface area (Å²) in [5.74, 6) is 2.56. The van der Waals surface area contributed by atoms with Gasteiger partial charge in [-0.25, -0.2) is 0 Å². The van der Waals surface area contributed by atoms with Gasteiger partial charge < -0.3 is 23.8 Å². The molecule has 6 heteroatoms. The molecular formula is C26H35NO5. The van der Waals surface area contributed by atoms with E-state index in [1.165, 1.54) is 7.11 Å². The molecule has 0 saturated carbocycles. The van der Waals surface area contributed by atoms with Gasteiger partial charge in [-0.15, -0.1) is 0 Å². The first kappa shape index (κ1) is 25.3. The van der Waals surface area contributed by atoms with Crippen molar-refractivity contribution in [3.63, 3.8) is 0 Å². The Hall–Kier alpha value is -2.99. The third-order valence-corrected chi connectivity index (χ3v) is 4.79. The Bertz CT molecular complexity index is 869. The molecular weight excluding hydrogens is 406 g/mol. The normalized spacial score (nSPS) is 11.6. The second-order valence-corrected chi connectivity index (χ2v) is 7.33. The fraction of sp³-hybridized carbons (Fsp3) is 0.423. The van der Waals surface area contributed by atoms with Crippen LogP contribution in [0.15, 0.2) is 53.7 Å². The summed E-state index contributed by atoms with van der Waals surface area (Å²) in [5, 5.41) is 4.09. The topological polar surface area (TPSA) is 58.5 Å². The monoisotopic (exact) mass is 441 g/mol. The fourth-order valence-corrected chi connectivity index (χ4v) is 3.19. The van der Waals surface area contributed by atoms with Gasteiger partial charge in [0.05, 0.1) is 20.3 Å². The molecule has 0 unspecified atom stereocenters. The zero-order valence-electron chi connectivity index (χ0n) is 19.8. The smallest absolute Gasteiger partial charge is 0.125 e. The minimum atomic E-state index is 0.370. The summed E-state index contributed by atoms with van der Waals surface area (Å²) in [5.41, 5.74) is 3.80. The Balaban J connectivity index is 1.74. The molecule has 0 aliphatic heterocycles. The predicted octanol–water partition coefficient (Wildman–Crippen LogP) is 5.49. The minimum Gasteiger partial charge on any atom is -0.497 e. The number of hydrogen-bond acceptors (Lipinski definition) is 6. The van der Waals surface area contributed by atoms with E-state index in [2.05, 4.69) is 5.16 Å². The minimum absolute atomic E-state index is 0.370. The number of allylic oxidation sites excluding steroid dienone is 1. The molecule has 0 fully saturated rings. The summed E-state index contributed by atoms with van der Waals surface area (Å²) >= 11 is 0. The Morgan fingerprint density at radius 1 is 0.938 bits per heavy atom. The first-order valence-corrected chi connectivity index (χ1v) is 10.9. The zero-order chi connectivity index (χ0) is 23.2. The summed E-state index contributed by atoms with van der Waals surface area (Å²) < 4.78 is 22.8. The SMILES string of the molecule is C/C=C/COc1cc(C)c(OCCCCOC/C(=N/OC)c2cccc(OC)c2)c(C)c1. The van der Waals surface area contributed by atoms with Crippen molar-refractivity contribution >= 4 is 5.71 Å². The van der Waals surface area contributed by atoms with E-state index in [1.54, 1.807) is 7.11 Å². The molecule has 0 aromatic heterocycles. The van der Waals surface area contributed by atoms with E-state index in [-0.39, 0.29) is 0 Å². The van der Waals surface area contributed by atoms with Gasteiger partial charge in [0.15, 0.2) is 0 Å². The quantitative estimate of drug-likeness (QED) is 0.168. The number of benzene rings is 2. The lowest BCUT2D eigenvalue weighted by Gasteiger charge is -2.14. The van der Waals surface area contributed by atoms with Crippen LogP contribution in [-0.4, -0.2) is 46.4 Å². The highest BCUT2D eigenvalue weighted by Gasteiger charge is 2.08. The summed E-state index contributed by atoms with van der Waals surface area (Å²) in [7, 11) is 3.17. The molecule has 0 aliphatic carbocycles. The van der Waals surface area contributed by atoms with Crippen LogP contribution in [0.3, 0.4) is 0 Å². The van der Waals surface area contributed by atoms with Gasteiger partial charge in [0.25, 0.3) is 0 Å². The van der Waals surface area contributed by atoms with Crippen LogP contribution in [-0.2, 0) is 9.57 Å². The summed E-state index contributed by atoms with van der Waals surface area (Å²) in [6.07, 6.45) is 5.75. The molecule has 0 aliphatic rings. The highest BCUT2D eigenvalue weighted by molar-refractivity contribution is 6.01. The first-order chi connectivity index (χ1) is 15.6. The number of aryl methyl sites for hydroxylation is 2. The molecule has 2 aromatic carbocycles. The Kier molecular flexibility index (Phi) is 11.2. The van der Waals surface area contributed by atoms with Gasteiger partial charge in [0.1, 0.15) is 36.7 Å². The van der Waals surface area contributed by atoms with Crippen molar-refractivity contribution in [1.82, 2.24) is 0 Å². The van der Waals surface area contributed by atoms with Crippen molar-refractivity contribution in [2.45, 2.75) is 33.6 Å². The lowest BCUT2D eigenvalue weighted by molar-refractivity contribution is 0.154. The van der Waals surface area contributed by atoms with E-state index in [9.17, 15) is 0 Å². The largest absolute Gasteiger partial charge is 0.497 e. The van der Waals surface area contributed by atoms with Gasteiger partial charge in [-0.05, 0) is 69.0 Å². The number of oxime groups is 1. The molecule has 6 nitrogen and oxygen atoms in total. The first-order valence-electron chi connectivity index (χ1n) is 10.9. The highest BCUT2D eigenvalue weighted by atomic mass is 16.6. The molecule has 0 radical (unpaired) electrons. The van der Waals surface area contributed by atoms with Gasteiger partial charge in [0.2, 0.25) is 0 Å². The fourth-order valence-electron chi connectivity index (χ4n) is 3.19. The molecule has 0 bridgehead atoms. The molecule has 2 aromatic rings. The lowest BCUT2D eigenvalue weighted by Crippen LogP contribution is -2.12. The predicted molar refractivity (Wildman–Crippen MR) is 128 cm³/mol. The van der Waals surface area contributed by atoms with Gasteiger partial charge in [0, 0.05) is 12.2 Å². The number of nitrogens with zero attached hydrogens (tertiary/aromatic N) is 1. The van der Waals surface area contributed by atoms with Crippen molar-refractivity contribution < 1.29 is 23.8 Å². The zero-order valence-corrected chi connectivity index (χ0v) is 19.8. The maximum atomic E-state index is 6.03. The molecule has 0 atom stereocenters. The maximum absolute atomic E-state index is 6.03. The summed E-state index contributed by atoms with van der Waals surface area (Å²) in [4.78, 5) is 4.97. The van der Waals surface area contributed by atoms with Crippen LogP contribution in [0, 0.1) is 13.8 Å². The number of unbranched alkanes of at least 4 members (excludes halogenated alkanes) is 1. The molecule has 174 valence electrons. The summed E-state index contributed by atoms with van der Waals surface area (Å²) in [6.45, 7) is 8.27. The average molecular weight is 442 g/mol. The second kappa shape index (κ2) is 14.1. The Labute approximate surface area is 191 Å². The summed E-state index contributed by atoms with van der Waals surface area (Å²) in [6, 6.07) is 11.7. The van der Waals surface area contributed by atoms with Crippen LogP contribution in [0.2, 0.25) is 0 Å². The van der Waals surface area contributed by atoms with Crippen molar-refractivity contribution in [1.29, 1.82) is 0 Å². The molecule has 0 N–H and O–H groups in total. The Morgan fingerprint density at radius 2 is 1.69 bits per heavy atom. The van der Waals surface area contributed by atoms with Crippen LogP contribution in [0.5, 0.6) is 17.2 Å². The van der Waals surface area contributed by atoms with E-state index in [4.69, 9.17) is 23.8 Å². The maximum Gasteiger partial charge on any atom is 0.125 e. The van der Waals surface area contributed by atoms with E-state index in [0.29, 0.717) is 26.4 Å². The van der Waals surface area contributed by atoms with Gasteiger partial charge >= 0.3 is 0 Å². The van der Waals surface area contributed by atoms with Crippen LogP contribution in [0.1, 0.15) is 36.5 Å². The van der Waals surface area contributed by atoms with Crippen molar-refractivity contribution in [2.24, 2.45) is 5.16 Å². The van der Waals surface area contributed by atoms with E-state index in [1.807, 2.05) is 69.3 Å². The van der Waals surface area contributed by atoms with Crippen molar-refractivity contribution in [2.75, 3.05) is 40.6 Å². The Morgan fingerprint density at radius 3 is 2.38 bits per heavy atom. The van der Waals surface area contributed by atoms with Gasteiger partial charge in [-0.1, -0.05) is 29.4 Å². The third kappa shape index (κ3) is 8.27. The molecule has 2 rings (SSSR count). The third-order valence-electron chi connectivity index (χ3n) is 4.79. The van der Waals surface area contributed by atoms with Crippen LogP contribution >= 0.6 is 0 Å². The van der Waals surface area contributed by atoms with Crippen molar-refractivity contribution in [3.8, 4) is 17.2 Å². The molecule has 0 amide bonds. The van der Waals surface area contributed by atoms with Crippen LogP contribution in [0.4, 0.5) is 0 Å². The van der Waals surface area contributed by atoms with Gasteiger partial charge in [-0.2, -0.15) is 0 Å².